The second kappa shape index (κ2) is 6.72. The molecule has 1 aromatic carbocycles. The summed E-state index contributed by atoms with van der Waals surface area (Å²) in [6, 6.07) is 6.97. The molecule has 10 heteroatoms. The van der Waals surface area contributed by atoms with Gasteiger partial charge in [-0.15, -0.1) is 10.2 Å². The van der Waals surface area contributed by atoms with E-state index in [1.807, 2.05) is 0 Å². The van der Waals surface area contributed by atoms with Gasteiger partial charge in [-0.25, -0.2) is 9.78 Å². The van der Waals surface area contributed by atoms with Crippen LogP contribution in [0.15, 0.2) is 43.7 Å². The maximum atomic E-state index is 12.1. The van der Waals surface area contributed by atoms with Crippen molar-refractivity contribution in [1.82, 2.24) is 20.0 Å². The Morgan fingerprint density at radius 2 is 2.08 bits per heavy atom. The van der Waals surface area contributed by atoms with Crippen molar-refractivity contribution in [3.63, 3.8) is 0 Å². The molecular weight excluding hydrogens is 332 g/mol. The van der Waals surface area contributed by atoms with Crippen LogP contribution in [0.4, 0.5) is 11.4 Å². The lowest BCUT2D eigenvalue weighted by atomic mass is 10.2. The molecule has 3 N–H and O–H groups in total. The van der Waals surface area contributed by atoms with E-state index in [0.29, 0.717) is 17.3 Å². The van der Waals surface area contributed by atoms with Crippen molar-refractivity contribution in [2.24, 2.45) is 10.2 Å². The minimum Gasteiger partial charge on any atom is -0.409 e. The van der Waals surface area contributed by atoms with Crippen molar-refractivity contribution in [2.75, 3.05) is 6.61 Å². The van der Waals surface area contributed by atoms with E-state index in [4.69, 9.17) is 21.7 Å². The summed E-state index contributed by atoms with van der Waals surface area (Å²) in [6.07, 6.45) is 0. The molecule has 0 saturated carbocycles. The van der Waals surface area contributed by atoms with E-state index in [0.717, 1.165) is 5.56 Å². The van der Waals surface area contributed by atoms with Gasteiger partial charge in [0.25, 0.3) is 10.4 Å². The van der Waals surface area contributed by atoms with Crippen molar-refractivity contribution >= 4 is 23.6 Å². The molecule has 0 saturated heterocycles. The first-order valence-corrected chi connectivity index (χ1v) is 7.47. The monoisotopic (exact) mass is 346 g/mol. The summed E-state index contributed by atoms with van der Waals surface area (Å²) in [5.41, 5.74) is 1.79. The van der Waals surface area contributed by atoms with Gasteiger partial charge >= 0.3 is 0 Å². The van der Waals surface area contributed by atoms with Crippen LogP contribution in [0.2, 0.25) is 0 Å². The first kappa shape index (κ1) is 16.0. The first-order chi connectivity index (χ1) is 11.6. The number of azo groups is 1. The Kier molecular flexibility index (Phi) is 4.49. The molecule has 3 rings (SSSR count). The molecule has 0 spiro atoms. The summed E-state index contributed by atoms with van der Waals surface area (Å²) in [4.78, 5) is 12.3. The Bertz CT molecular complexity index is 979. The van der Waals surface area contributed by atoms with E-state index in [1.54, 1.807) is 31.2 Å². The minimum absolute atomic E-state index is 0.137. The standard InChI is InChI=1S/C14H14N6O3S/c1-8-11(13(22)20(19-8)6-7-21)16-15-10-4-2-9(3-5-10)12-17-18-14(24)23-12/h2-5,19,21H,6-7H2,1H3,(H,18,24). The van der Waals surface area contributed by atoms with E-state index in [-0.39, 0.29) is 29.2 Å². The summed E-state index contributed by atoms with van der Waals surface area (Å²) in [5, 5.41) is 26.3. The van der Waals surface area contributed by atoms with Gasteiger partial charge in [0.05, 0.1) is 24.5 Å². The molecule has 0 radical (unpaired) electrons. The van der Waals surface area contributed by atoms with E-state index >= 15 is 0 Å². The van der Waals surface area contributed by atoms with Crippen LogP contribution in [0.1, 0.15) is 5.69 Å². The lowest BCUT2D eigenvalue weighted by Crippen LogP contribution is -2.18. The molecule has 0 aliphatic heterocycles. The van der Waals surface area contributed by atoms with Crippen molar-refractivity contribution < 1.29 is 9.52 Å². The van der Waals surface area contributed by atoms with E-state index < -0.39 is 0 Å². The molecule has 0 aliphatic carbocycles. The van der Waals surface area contributed by atoms with Gasteiger partial charge in [0, 0.05) is 5.56 Å². The van der Waals surface area contributed by atoms with Crippen LogP contribution in [-0.2, 0) is 6.54 Å². The molecule has 0 fully saturated rings. The number of nitrogens with zero attached hydrogens (tertiary/aromatic N) is 4. The minimum atomic E-state index is -0.324. The fourth-order valence-corrected chi connectivity index (χ4v) is 2.23. The number of benzene rings is 1. The van der Waals surface area contributed by atoms with Gasteiger partial charge in [-0.05, 0) is 43.4 Å². The van der Waals surface area contributed by atoms with Crippen LogP contribution in [-0.4, -0.2) is 31.7 Å². The van der Waals surface area contributed by atoms with Crippen molar-refractivity contribution in [3.8, 4) is 11.5 Å². The highest BCUT2D eigenvalue weighted by Gasteiger charge is 2.10. The zero-order chi connectivity index (χ0) is 17.1. The van der Waals surface area contributed by atoms with Gasteiger partial charge in [-0.3, -0.25) is 9.89 Å². The predicted molar refractivity (Wildman–Crippen MR) is 88.2 cm³/mol. The molecule has 3 aromatic rings. The van der Waals surface area contributed by atoms with E-state index in [2.05, 4.69) is 25.5 Å². The van der Waals surface area contributed by atoms with Crippen LogP contribution in [0.3, 0.4) is 0 Å². The zero-order valence-corrected chi connectivity index (χ0v) is 13.5. The molecule has 24 heavy (non-hydrogen) atoms. The van der Waals surface area contributed by atoms with Crippen LogP contribution >= 0.6 is 12.2 Å². The van der Waals surface area contributed by atoms with Crippen LogP contribution in [0.5, 0.6) is 0 Å². The lowest BCUT2D eigenvalue weighted by Gasteiger charge is -1.95. The van der Waals surface area contributed by atoms with E-state index in [9.17, 15) is 4.79 Å². The number of aliphatic hydroxyl groups excluding tert-OH is 1. The summed E-state index contributed by atoms with van der Waals surface area (Å²) in [7, 11) is 0. The van der Waals surface area contributed by atoms with Crippen LogP contribution in [0.25, 0.3) is 11.5 Å². The lowest BCUT2D eigenvalue weighted by molar-refractivity contribution is 0.267. The highest BCUT2D eigenvalue weighted by atomic mass is 32.1. The maximum Gasteiger partial charge on any atom is 0.294 e. The predicted octanol–water partition coefficient (Wildman–Crippen LogP) is 2.61. The topological polar surface area (TPSA) is 125 Å². The fourth-order valence-electron chi connectivity index (χ4n) is 2.10. The molecule has 2 aromatic heterocycles. The Hall–Kier alpha value is -2.85. The second-order valence-corrected chi connectivity index (χ2v) is 5.30. The van der Waals surface area contributed by atoms with Crippen molar-refractivity contribution in [3.05, 3.63) is 45.2 Å². The number of hydrogen-bond donors (Lipinski definition) is 3. The average molecular weight is 346 g/mol. The third-order valence-electron chi connectivity index (χ3n) is 3.25. The number of aryl methyl sites for hydroxylation is 1. The number of hydrogen-bond acceptors (Lipinski definition) is 7. The van der Waals surface area contributed by atoms with Gasteiger partial charge in [-0.1, -0.05) is 0 Å². The second-order valence-electron chi connectivity index (χ2n) is 4.93. The number of aromatic amines is 2. The number of rotatable bonds is 5. The third kappa shape index (κ3) is 3.24. The average Bonchev–Trinajstić information content (AvgIpc) is 3.11. The Labute approximate surface area is 140 Å². The molecule has 0 bridgehead atoms. The highest BCUT2D eigenvalue weighted by Crippen LogP contribution is 2.22. The fraction of sp³-hybridized carbons (Fsp3) is 0.214. The Morgan fingerprint density at radius 3 is 2.71 bits per heavy atom. The van der Waals surface area contributed by atoms with E-state index in [1.165, 1.54) is 4.68 Å². The SMILES string of the molecule is Cc1[nH]n(CCO)c(=O)c1N=Nc1ccc(-c2n[nH]c(=S)o2)cc1. The van der Waals surface area contributed by atoms with Gasteiger partial charge in [0.2, 0.25) is 5.89 Å². The van der Waals surface area contributed by atoms with Gasteiger partial charge in [-0.2, -0.15) is 5.11 Å². The van der Waals surface area contributed by atoms with Gasteiger partial charge in [0.1, 0.15) is 0 Å². The first-order valence-electron chi connectivity index (χ1n) is 7.06. The molecule has 0 unspecified atom stereocenters. The van der Waals surface area contributed by atoms with Crippen molar-refractivity contribution in [2.45, 2.75) is 13.5 Å². The van der Waals surface area contributed by atoms with Crippen molar-refractivity contribution in [1.29, 1.82) is 0 Å². The normalized spacial score (nSPS) is 11.4. The summed E-state index contributed by atoms with van der Waals surface area (Å²) >= 11 is 4.83. The summed E-state index contributed by atoms with van der Waals surface area (Å²) < 4.78 is 6.51. The molecule has 0 atom stereocenters. The van der Waals surface area contributed by atoms with Crippen LogP contribution < -0.4 is 5.56 Å². The number of nitrogens with one attached hydrogen (secondary N) is 2. The summed E-state index contributed by atoms with van der Waals surface area (Å²) in [6.45, 7) is 1.77. The quantitative estimate of drug-likeness (QED) is 0.484. The third-order valence-corrected chi connectivity index (χ3v) is 3.42. The number of H-pyrrole nitrogens is 2. The zero-order valence-electron chi connectivity index (χ0n) is 12.7. The molecular formula is C14H14N6O3S. The van der Waals surface area contributed by atoms with Crippen LogP contribution in [0, 0.1) is 11.8 Å². The smallest absolute Gasteiger partial charge is 0.294 e. The molecule has 0 amide bonds. The number of aliphatic hydroxyl groups is 1. The number of aromatic nitrogens is 4. The molecule has 2 heterocycles. The van der Waals surface area contributed by atoms with Gasteiger partial charge < -0.3 is 9.52 Å². The van der Waals surface area contributed by atoms with Gasteiger partial charge in [0.15, 0.2) is 5.69 Å². The molecule has 124 valence electrons. The summed E-state index contributed by atoms with van der Waals surface area (Å²) in [5.74, 6) is 0.386. The largest absolute Gasteiger partial charge is 0.409 e. The Morgan fingerprint density at radius 1 is 1.33 bits per heavy atom. The molecule has 9 nitrogen and oxygen atoms in total. The Balaban J connectivity index is 1.82. The highest BCUT2D eigenvalue weighted by molar-refractivity contribution is 7.71. The maximum absolute atomic E-state index is 12.1. The molecule has 0 aliphatic rings.